The molecule has 0 aliphatic heterocycles. The van der Waals surface area contributed by atoms with Gasteiger partial charge in [-0.15, -0.1) is 0 Å². The van der Waals surface area contributed by atoms with Crippen LogP contribution in [-0.4, -0.2) is 42.7 Å². The van der Waals surface area contributed by atoms with E-state index in [0.717, 1.165) is 12.8 Å². The molecular weight excluding hydrogens is 533 g/mol. The van der Waals surface area contributed by atoms with Crippen LogP contribution in [0.1, 0.15) is 40.7 Å². The molecule has 170 valence electrons. The number of hydrogen-bond donors (Lipinski definition) is 2. The Bertz CT molecular complexity index is 1350. The number of pyridine rings is 2. The van der Waals surface area contributed by atoms with Gasteiger partial charge in [0.2, 0.25) is 0 Å². The minimum Gasteiger partial charge on any atom is -0.351 e. The first kappa shape index (κ1) is 23.2. The van der Waals surface area contributed by atoms with Crippen molar-refractivity contribution in [3.8, 4) is 5.82 Å². The van der Waals surface area contributed by atoms with Crippen LogP contribution in [0.4, 0.5) is 5.69 Å². The number of hydrogen-bond acceptors (Lipinski definition) is 5. The topological polar surface area (TPSA) is 106 Å². The van der Waals surface area contributed by atoms with Gasteiger partial charge >= 0.3 is 0 Å². The summed E-state index contributed by atoms with van der Waals surface area (Å²) in [6.45, 7) is 2.51. The van der Waals surface area contributed by atoms with E-state index >= 15 is 0 Å². The molecule has 0 saturated heterocycles. The standard InChI is InChI=1S/C21H18BrCl2N7O2/c1-2-3-7-26-21(33)18-17(14(24)10-12-6-9-27-30(12)18)28-20(32)15-11-16(22)29-31(15)19-13(23)5-4-8-25-19/h4-6,8-11H,2-3,7H2,1H3,(H,26,33)(H,28,32). The van der Waals surface area contributed by atoms with Crippen molar-refractivity contribution in [2.75, 3.05) is 11.9 Å². The second-order valence-corrected chi connectivity index (χ2v) is 8.65. The van der Waals surface area contributed by atoms with Crippen molar-refractivity contribution in [2.45, 2.75) is 19.8 Å². The zero-order chi connectivity index (χ0) is 23.5. The van der Waals surface area contributed by atoms with Crippen LogP contribution in [0.25, 0.3) is 11.3 Å². The monoisotopic (exact) mass is 549 g/mol. The predicted molar refractivity (Wildman–Crippen MR) is 129 cm³/mol. The average molecular weight is 551 g/mol. The molecule has 12 heteroatoms. The maximum absolute atomic E-state index is 13.3. The van der Waals surface area contributed by atoms with Gasteiger partial charge in [-0.3, -0.25) is 9.59 Å². The zero-order valence-corrected chi connectivity index (χ0v) is 20.4. The Morgan fingerprint density at radius 2 is 1.94 bits per heavy atom. The van der Waals surface area contributed by atoms with Gasteiger partial charge in [0.25, 0.3) is 11.8 Å². The van der Waals surface area contributed by atoms with E-state index in [1.54, 1.807) is 36.7 Å². The summed E-state index contributed by atoms with van der Waals surface area (Å²) in [4.78, 5) is 30.6. The lowest BCUT2D eigenvalue weighted by molar-refractivity contribution is 0.0946. The van der Waals surface area contributed by atoms with Gasteiger partial charge in [0.05, 0.1) is 27.4 Å². The van der Waals surface area contributed by atoms with E-state index in [1.165, 1.54) is 15.3 Å². The fourth-order valence-electron chi connectivity index (χ4n) is 3.21. The van der Waals surface area contributed by atoms with Crippen LogP contribution in [0.15, 0.2) is 47.3 Å². The van der Waals surface area contributed by atoms with Crippen molar-refractivity contribution in [1.29, 1.82) is 0 Å². The Balaban J connectivity index is 1.75. The van der Waals surface area contributed by atoms with E-state index < -0.39 is 11.8 Å². The van der Waals surface area contributed by atoms with Gasteiger partial charge in [-0.2, -0.15) is 10.2 Å². The SMILES string of the molecule is CCCCNC(=O)c1c(NC(=O)c2cc(Br)nn2-c2ncccc2Cl)c(Cl)cc2ccnn12. The second kappa shape index (κ2) is 9.90. The van der Waals surface area contributed by atoms with Crippen LogP contribution < -0.4 is 10.6 Å². The maximum Gasteiger partial charge on any atom is 0.274 e. The molecule has 33 heavy (non-hydrogen) atoms. The Morgan fingerprint density at radius 3 is 2.70 bits per heavy atom. The second-order valence-electron chi connectivity index (χ2n) is 7.02. The molecule has 0 spiro atoms. The summed E-state index contributed by atoms with van der Waals surface area (Å²) in [7, 11) is 0. The van der Waals surface area contributed by atoms with E-state index in [2.05, 4.69) is 41.7 Å². The molecule has 0 radical (unpaired) electrons. The summed E-state index contributed by atoms with van der Waals surface area (Å²) in [5.41, 5.74) is 0.999. The Labute approximate surface area is 207 Å². The van der Waals surface area contributed by atoms with E-state index in [1.807, 2.05) is 6.92 Å². The molecule has 4 aromatic heterocycles. The number of carbonyl (C=O) groups excluding carboxylic acids is 2. The van der Waals surface area contributed by atoms with E-state index in [4.69, 9.17) is 23.2 Å². The molecular formula is C21H18BrCl2N7O2. The fourth-order valence-corrected chi connectivity index (χ4v) is 4.03. The highest BCUT2D eigenvalue weighted by Gasteiger charge is 2.25. The lowest BCUT2D eigenvalue weighted by atomic mass is 10.2. The Hall–Kier alpha value is -2.95. The lowest BCUT2D eigenvalue weighted by Gasteiger charge is -2.15. The Kier molecular flexibility index (Phi) is 6.96. The third-order valence-electron chi connectivity index (χ3n) is 4.76. The maximum atomic E-state index is 13.3. The molecule has 2 N–H and O–H groups in total. The summed E-state index contributed by atoms with van der Waals surface area (Å²) in [6, 6.07) is 8.17. The molecule has 0 aromatic carbocycles. The quantitative estimate of drug-likeness (QED) is 0.322. The largest absolute Gasteiger partial charge is 0.351 e. The number of carbonyl (C=O) groups is 2. The van der Waals surface area contributed by atoms with Gasteiger partial charge in [0.1, 0.15) is 10.3 Å². The molecule has 0 fully saturated rings. The van der Waals surface area contributed by atoms with Crippen LogP contribution in [0.2, 0.25) is 10.0 Å². The van der Waals surface area contributed by atoms with Crippen molar-refractivity contribution in [3.63, 3.8) is 0 Å². The third kappa shape index (κ3) is 4.73. The summed E-state index contributed by atoms with van der Waals surface area (Å²) in [5.74, 6) is -0.690. The average Bonchev–Trinajstić information content (AvgIpc) is 3.40. The molecule has 0 atom stereocenters. The number of amides is 2. The normalized spacial score (nSPS) is 11.0. The first-order valence-electron chi connectivity index (χ1n) is 10.0. The highest BCUT2D eigenvalue weighted by molar-refractivity contribution is 9.10. The first-order valence-corrected chi connectivity index (χ1v) is 11.6. The Morgan fingerprint density at radius 1 is 1.12 bits per heavy atom. The number of nitrogens with one attached hydrogen (secondary N) is 2. The number of anilines is 1. The van der Waals surface area contributed by atoms with Crippen molar-refractivity contribution in [3.05, 3.63) is 68.8 Å². The number of nitrogens with zero attached hydrogens (tertiary/aromatic N) is 5. The molecule has 2 amide bonds. The molecule has 9 nitrogen and oxygen atoms in total. The van der Waals surface area contributed by atoms with Gasteiger partial charge in [0.15, 0.2) is 11.5 Å². The summed E-state index contributed by atoms with van der Waals surface area (Å²) in [5, 5.41) is 14.6. The highest BCUT2D eigenvalue weighted by atomic mass is 79.9. The van der Waals surface area contributed by atoms with Crippen molar-refractivity contribution < 1.29 is 9.59 Å². The summed E-state index contributed by atoms with van der Waals surface area (Å²) in [6.07, 6.45) is 4.83. The molecule has 0 saturated carbocycles. The minimum absolute atomic E-state index is 0.118. The van der Waals surface area contributed by atoms with E-state index in [9.17, 15) is 9.59 Å². The highest BCUT2D eigenvalue weighted by Crippen LogP contribution is 2.30. The van der Waals surface area contributed by atoms with Crippen LogP contribution in [0, 0.1) is 0 Å². The van der Waals surface area contributed by atoms with Crippen molar-refractivity contribution in [2.24, 2.45) is 0 Å². The minimum atomic E-state index is -0.564. The van der Waals surface area contributed by atoms with Crippen LogP contribution in [0.5, 0.6) is 0 Å². The van der Waals surface area contributed by atoms with Gasteiger partial charge in [-0.05, 0) is 46.6 Å². The van der Waals surface area contributed by atoms with Crippen LogP contribution >= 0.6 is 39.1 Å². The number of unbranched alkanes of at least 4 members (excludes halogenated alkanes) is 1. The molecule has 4 rings (SSSR count). The lowest BCUT2D eigenvalue weighted by Crippen LogP contribution is -2.29. The van der Waals surface area contributed by atoms with Crippen LogP contribution in [-0.2, 0) is 0 Å². The van der Waals surface area contributed by atoms with Gasteiger partial charge in [-0.1, -0.05) is 36.5 Å². The first-order chi connectivity index (χ1) is 15.9. The van der Waals surface area contributed by atoms with Crippen LogP contribution in [0.3, 0.4) is 0 Å². The molecule has 0 bridgehead atoms. The number of halogens is 3. The molecule has 0 aliphatic carbocycles. The third-order valence-corrected chi connectivity index (χ3v) is 5.74. The van der Waals surface area contributed by atoms with Gasteiger partial charge in [0, 0.05) is 18.8 Å². The van der Waals surface area contributed by atoms with Gasteiger partial charge in [-0.25, -0.2) is 14.2 Å². The van der Waals surface area contributed by atoms with Crippen molar-refractivity contribution in [1.82, 2.24) is 29.7 Å². The van der Waals surface area contributed by atoms with E-state index in [-0.39, 0.29) is 27.9 Å². The van der Waals surface area contributed by atoms with Crippen molar-refractivity contribution >= 4 is 62.2 Å². The smallest absolute Gasteiger partial charge is 0.274 e. The predicted octanol–water partition coefficient (Wildman–Crippen LogP) is 4.77. The molecule has 4 aromatic rings. The summed E-state index contributed by atoms with van der Waals surface area (Å²) < 4.78 is 3.15. The molecule has 0 aliphatic rings. The number of rotatable bonds is 7. The zero-order valence-electron chi connectivity index (χ0n) is 17.3. The van der Waals surface area contributed by atoms with Gasteiger partial charge < -0.3 is 10.6 Å². The fraction of sp³-hybridized carbons (Fsp3) is 0.190. The number of fused-ring (bicyclic) bond motifs is 1. The molecule has 0 unspecified atom stereocenters. The summed E-state index contributed by atoms with van der Waals surface area (Å²) >= 11 is 16.0. The van der Waals surface area contributed by atoms with E-state index in [0.29, 0.717) is 21.7 Å². The molecule has 4 heterocycles. The number of aromatic nitrogens is 5.